The van der Waals surface area contributed by atoms with E-state index in [1.807, 2.05) is 24.1 Å². The molecular weight excluding hydrogens is 208 g/mol. The van der Waals surface area contributed by atoms with E-state index >= 15 is 0 Å². The number of anilines is 1. The number of amidine groups is 1. The number of nitrogens with zero attached hydrogens (tertiary/aromatic N) is 1. The van der Waals surface area contributed by atoms with Gasteiger partial charge in [-0.15, -0.1) is 11.6 Å². The van der Waals surface area contributed by atoms with E-state index in [4.69, 9.17) is 17.0 Å². The first-order valence-corrected chi connectivity index (χ1v) is 5.76. The van der Waals surface area contributed by atoms with Crippen molar-refractivity contribution >= 4 is 23.1 Å². The van der Waals surface area contributed by atoms with Gasteiger partial charge in [-0.2, -0.15) is 0 Å². The summed E-state index contributed by atoms with van der Waals surface area (Å²) in [6, 6.07) is 8.25. The zero-order valence-corrected chi connectivity index (χ0v) is 9.59. The minimum Gasteiger partial charge on any atom is -0.333 e. The number of likely N-dealkylation sites (N-methyl/N-ethyl adjacent to an activating group) is 1. The van der Waals surface area contributed by atoms with Crippen molar-refractivity contribution in [3.8, 4) is 0 Å². The van der Waals surface area contributed by atoms with Crippen molar-refractivity contribution in [1.29, 1.82) is 5.41 Å². The Morgan fingerprint density at radius 2 is 2.13 bits per heavy atom. The summed E-state index contributed by atoms with van der Waals surface area (Å²) in [5.41, 5.74) is 2.44. The van der Waals surface area contributed by atoms with E-state index in [-0.39, 0.29) is 5.92 Å². The first-order chi connectivity index (χ1) is 7.25. The van der Waals surface area contributed by atoms with Crippen molar-refractivity contribution in [3.63, 3.8) is 0 Å². The topological polar surface area (TPSA) is 27.1 Å². The summed E-state index contributed by atoms with van der Waals surface area (Å²) in [4.78, 5) is 1.97. The fourth-order valence-corrected chi connectivity index (χ4v) is 2.33. The summed E-state index contributed by atoms with van der Waals surface area (Å²) in [5, 5.41) is 8.06. The van der Waals surface area contributed by atoms with Crippen LogP contribution in [-0.4, -0.2) is 18.8 Å². The summed E-state index contributed by atoms with van der Waals surface area (Å²) in [6.45, 7) is 0. The molecule has 0 radical (unpaired) electrons. The summed E-state index contributed by atoms with van der Waals surface area (Å²) < 4.78 is 0. The van der Waals surface area contributed by atoms with Crippen LogP contribution in [-0.2, 0) is 0 Å². The number of rotatable bonds is 3. The lowest BCUT2D eigenvalue weighted by molar-refractivity contribution is 0.754. The van der Waals surface area contributed by atoms with E-state index in [1.165, 1.54) is 11.3 Å². The fraction of sp³-hybridized carbons (Fsp3) is 0.417. The molecule has 2 rings (SSSR count). The van der Waals surface area contributed by atoms with Crippen LogP contribution in [0.5, 0.6) is 0 Å². The van der Waals surface area contributed by atoms with E-state index in [0.717, 1.165) is 12.8 Å². The second kappa shape index (κ2) is 4.23. The maximum atomic E-state index is 8.06. The quantitative estimate of drug-likeness (QED) is 0.782. The Balaban J connectivity index is 2.30. The minimum absolute atomic E-state index is 0.241. The Hall–Kier alpha value is -1.02. The van der Waals surface area contributed by atoms with E-state index in [2.05, 4.69) is 12.1 Å². The molecule has 1 aliphatic rings. The highest BCUT2D eigenvalue weighted by atomic mass is 35.5. The molecule has 0 spiro atoms. The Labute approximate surface area is 95.4 Å². The third kappa shape index (κ3) is 1.74. The number of nitrogens with one attached hydrogen (secondary N) is 1. The number of para-hydroxylation sites is 1. The average Bonchev–Trinajstić information content (AvgIpc) is 2.51. The Morgan fingerprint density at radius 1 is 1.40 bits per heavy atom. The molecule has 0 fully saturated rings. The fourth-order valence-electron chi connectivity index (χ4n) is 2.17. The van der Waals surface area contributed by atoms with Gasteiger partial charge < -0.3 is 4.90 Å². The van der Waals surface area contributed by atoms with Crippen LogP contribution < -0.4 is 4.90 Å². The maximum absolute atomic E-state index is 8.06. The van der Waals surface area contributed by atoms with Gasteiger partial charge in [0.1, 0.15) is 5.84 Å². The molecule has 1 unspecified atom stereocenters. The molecular formula is C12H15ClN2. The molecule has 1 aromatic rings. The molecule has 15 heavy (non-hydrogen) atoms. The van der Waals surface area contributed by atoms with E-state index < -0.39 is 0 Å². The third-order valence-corrected chi connectivity index (χ3v) is 3.26. The molecule has 80 valence electrons. The Bertz CT molecular complexity index is 376. The van der Waals surface area contributed by atoms with Crippen LogP contribution in [0.1, 0.15) is 24.3 Å². The molecule has 1 aromatic carbocycles. The second-order valence-corrected chi connectivity index (χ2v) is 4.26. The first-order valence-electron chi connectivity index (χ1n) is 5.22. The first kappa shape index (κ1) is 10.5. The van der Waals surface area contributed by atoms with Crippen molar-refractivity contribution in [2.24, 2.45) is 0 Å². The SMILES string of the molecule is CN1C(=N)C(CCCCl)c2ccccc21. The maximum Gasteiger partial charge on any atom is 0.108 e. The lowest BCUT2D eigenvalue weighted by Crippen LogP contribution is -2.23. The molecule has 0 aliphatic carbocycles. The number of alkyl halides is 1. The van der Waals surface area contributed by atoms with Crippen LogP contribution in [0.25, 0.3) is 0 Å². The highest BCUT2D eigenvalue weighted by Crippen LogP contribution is 2.38. The third-order valence-electron chi connectivity index (χ3n) is 2.99. The predicted molar refractivity (Wildman–Crippen MR) is 65.3 cm³/mol. The minimum atomic E-state index is 0.241. The molecule has 1 atom stereocenters. The average molecular weight is 223 g/mol. The molecule has 0 bridgehead atoms. The van der Waals surface area contributed by atoms with Crippen molar-refractivity contribution in [3.05, 3.63) is 29.8 Å². The standard InChI is InChI=1S/C12H15ClN2/c1-15-11-7-3-2-5-9(11)10(12(15)14)6-4-8-13/h2-3,5,7,10,14H,4,6,8H2,1H3. The zero-order valence-electron chi connectivity index (χ0n) is 8.83. The van der Waals surface area contributed by atoms with E-state index in [9.17, 15) is 0 Å². The molecule has 0 saturated carbocycles. The summed E-state index contributed by atoms with van der Waals surface area (Å²) in [7, 11) is 1.96. The van der Waals surface area contributed by atoms with Crippen LogP contribution in [0.15, 0.2) is 24.3 Å². The molecule has 1 heterocycles. The molecule has 0 saturated heterocycles. The van der Waals surface area contributed by atoms with Crippen molar-refractivity contribution in [2.75, 3.05) is 17.8 Å². The van der Waals surface area contributed by atoms with E-state index in [0.29, 0.717) is 11.7 Å². The van der Waals surface area contributed by atoms with Gasteiger partial charge in [0.15, 0.2) is 0 Å². The summed E-state index contributed by atoms with van der Waals surface area (Å²) in [6.07, 6.45) is 1.94. The molecule has 3 heteroatoms. The molecule has 1 aliphatic heterocycles. The smallest absolute Gasteiger partial charge is 0.108 e. The largest absolute Gasteiger partial charge is 0.333 e. The number of halogens is 1. The summed E-state index contributed by atoms with van der Waals surface area (Å²) in [5.74, 6) is 1.61. The van der Waals surface area contributed by atoms with E-state index in [1.54, 1.807) is 0 Å². The number of hydrogen-bond donors (Lipinski definition) is 1. The van der Waals surface area contributed by atoms with Gasteiger partial charge in [-0.1, -0.05) is 18.2 Å². The predicted octanol–water partition coefficient (Wildman–Crippen LogP) is 3.22. The molecule has 2 nitrogen and oxygen atoms in total. The molecule has 1 N–H and O–H groups in total. The lowest BCUT2D eigenvalue weighted by atomic mass is 9.96. The number of benzene rings is 1. The van der Waals surface area contributed by atoms with Gasteiger partial charge in [-0.3, -0.25) is 5.41 Å². The molecule has 0 amide bonds. The highest BCUT2D eigenvalue weighted by molar-refractivity contribution is 6.17. The van der Waals surface area contributed by atoms with Crippen LogP contribution in [0.2, 0.25) is 0 Å². The van der Waals surface area contributed by atoms with Gasteiger partial charge in [0.05, 0.1) is 0 Å². The lowest BCUT2D eigenvalue weighted by Gasteiger charge is -2.13. The van der Waals surface area contributed by atoms with Crippen molar-refractivity contribution in [2.45, 2.75) is 18.8 Å². The Morgan fingerprint density at radius 3 is 2.87 bits per heavy atom. The molecule has 0 aromatic heterocycles. The van der Waals surface area contributed by atoms with Gasteiger partial charge >= 0.3 is 0 Å². The monoisotopic (exact) mass is 222 g/mol. The number of hydrogen-bond acceptors (Lipinski definition) is 1. The normalized spacial score (nSPS) is 19.5. The van der Waals surface area contributed by atoms with Crippen LogP contribution in [0, 0.1) is 5.41 Å². The van der Waals surface area contributed by atoms with Gasteiger partial charge in [-0.05, 0) is 24.5 Å². The zero-order chi connectivity index (χ0) is 10.8. The van der Waals surface area contributed by atoms with Crippen molar-refractivity contribution < 1.29 is 0 Å². The van der Waals surface area contributed by atoms with Crippen LogP contribution >= 0.6 is 11.6 Å². The highest BCUT2D eigenvalue weighted by Gasteiger charge is 2.30. The van der Waals surface area contributed by atoms with Crippen LogP contribution in [0.3, 0.4) is 0 Å². The Kier molecular flexibility index (Phi) is 2.96. The van der Waals surface area contributed by atoms with Gasteiger partial charge in [0.25, 0.3) is 0 Å². The second-order valence-electron chi connectivity index (χ2n) is 3.89. The summed E-state index contributed by atoms with van der Waals surface area (Å²) >= 11 is 5.71. The van der Waals surface area contributed by atoms with Gasteiger partial charge in [-0.25, -0.2) is 0 Å². The van der Waals surface area contributed by atoms with Crippen molar-refractivity contribution in [1.82, 2.24) is 0 Å². The van der Waals surface area contributed by atoms with Crippen LogP contribution in [0.4, 0.5) is 5.69 Å². The van der Waals surface area contributed by atoms with Gasteiger partial charge in [0, 0.05) is 24.5 Å². The number of fused-ring (bicyclic) bond motifs is 1. The van der Waals surface area contributed by atoms with Gasteiger partial charge in [0.2, 0.25) is 0 Å².